The van der Waals surface area contributed by atoms with Crippen molar-refractivity contribution in [2.24, 2.45) is 7.05 Å². The van der Waals surface area contributed by atoms with E-state index in [1.54, 1.807) is 16.8 Å². The lowest BCUT2D eigenvalue weighted by molar-refractivity contribution is -0.132. The minimum Gasteiger partial charge on any atom is -0.347 e. The monoisotopic (exact) mass is 372 g/mol. The number of hydrogen-bond acceptors (Lipinski definition) is 3. The molecule has 0 aliphatic carbocycles. The fourth-order valence-corrected chi connectivity index (χ4v) is 3.34. The van der Waals surface area contributed by atoms with Crippen molar-refractivity contribution in [3.63, 3.8) is 0 Å². The third-order valence-corrected chi connectivity index (χ3v) is 4.92. The number of aromatic nitrogens is 2. The summed E-state index contributed by atoms with van der Waals surface area (Å²) >= 11 is 0. The van der Waals surface area contributed by atoms with Crippen LogP contribution in [0.5, 0.6) is 0 Å². The molecule has 1 aromatic heterocycles. The molecule has 0 bridgehead atoms. The van der Waals surface area contributed by atoms with Gasteiger partial charge in [0.2, 0.25) is 5.91 Å². The molecule has 27 heavy (non-hydrogen) atoms. The van der Waals surface area contributed by atoms with Crippen molar-refractivity contribution in [2.75, 3.05) is 6.54 Å². The maximum atomic E-state index is 13.0. The van der Waals surface area contributed by atoms with Crippen molar-refractivity contribution < 1.29 is 14.0 Å². The van der Waals surface area contributed by atoms with Gasteiger partial charge < -0.3 is 10.2 Å². The topological polar surface area (TPSA) is 67.2 Å². The van der Waals surface area contributed by atoms with E-state index in [9.17, 15) is 14.0 Å². The van der Waals surface area contributed by atoms with Crippen molar-refractivity contribution in [3.05, 3.63) is 52.6 Å². The minimum absolute atomic E-state index is 0.129. The molecule has 3 rings (SSSR count). The zero-order chi connectivity index (χ0) is 19.4. The number of nitrogens with one attached hydrogen (secondary N) is 1. The van der Waals surface area contributed by atoms with Gasteiger partial charge in [0.05, 0.1) is 0 Å². The molecule has 7 heteroatoms. The molecule has 2 amide bonds. The molecule has 2 heterocycles. The average molecular weight is 372 g/mol. The Hall–Kier alpha value is -2.70. The van der Waals surface area contributed by atoms with Crippen molar-refractivity contribution in [1.29, 1.82) is 0 Å². The van der Waals surface area contributed by atoms with E-state index in [-0.39, 0.29) is 17.6 Å². The normalized spacial score (nSPS) is 13.4. The number of aryl methyl sites for hydroxylation is 1. The Labute approximate surface area is 158 Å². The molecular formula is C20H25FN4O2. The van der Waals surface area contributed by atoms with E-state index in [2.05, 4.69) is 17.3 Å². The van der Waals surface area contributed by atoms with E-state index in [1.807, 2.05) is 11.9 Å². The second-order valence-electron chi connectivity index (χ2n) is 6.88. The molecule has 2 aromatic rings. The second-order valence-corrected chi connectivity index (χ2v) is 6.88. The summed E-state index contributed by atoms with van der Waals surface area (Å²) in [6.07, 6.45) is 3.09. The Morgan fingerprint density at radius 2 is 2.00 bits per heavy atom. The highest BCUT2D eigenvalue weighted by Gasteiger charge is 2.28. The van der Waals surface area contributed by atoms with Crippen molar-refractivity contribution in [1.82, 2.24) is 20.0 Å². The Morgan fingerprint density at radius 1 is 1.26 bits per heavy atom. The van der Waals surface area contributed by atoms with E-state index >= 15 is 0 Å². The van der Waals surface area contributed by atoms with Gasteiger partial charge in [-0.2, -0.15) is 5.10 Å². The van der Waals surface area contributed by atoms with Gasteiger partial charge in [-0.1, -0.05) is 25.5 Å². The molecule has 0 atom stereocenters. The average Bonchev–Trinajstić information content (AvgIpc) is 3.01. The van der Waals surface area contributed by atoms with Gasteiger partial charge in [-0.15, -0.1) is 0 Å². The highest BCUT2D eigenvalue weighted by Crippen LogP contribution is 2.23. The first-order chi connectivity index (χ1) is 13.0. The number of carbonyl (C=O) groups is 2. The number of halogens is 1. The SMILES string of the molecule is CCCCC(=O)N1CCc2c(c(C(=O)NCc3ccc(F)cc3)nn2C)C1. The van der Waals surface area contributed by atoms with Crippen LogP contribution < -0.4 is 5.32 Å². The van der Waals surface area contributed by atoms with E-state index in [4.69, 9.17) is 0 Å². The van der Waals surface area contributed by atoms with Crippen LogP contribution in [-0.4, -0.2) is 33.0 Å². The Bertz CT molecular complexity index is 829. The molecule has 1 aliphatic rings. The summed E-state index contributed by atoms with van der Waals surface area (Å²) in [5.74, 6) is -0.459. The number of benzene rings is 1. The lowest BCUT2D eigenvalue weighted by Gasteiger charge is -2.27. The van der Waals surface area contributed by atoms with Crippen molar-refractivity contribution in [3.8, 4) is 0 Å². The summed E-state index contributed by atoms with van der Waals surface area (Å²) in [7, 11) is 1.82. The predicted molar refractivity (Wildman–Crippen MR) is 99.4 cm³/mol. The molecule has 6 nitrogen and oxygen atoms in total. The number of nitrogens with zero attached hydrogens (tertiary/aromatic N) is 3. The van der Waals surface area contributed by atoms with Gasteiger partial charge in [0.25, 0.3) is 5.91 Å². The van der Waals surface area contributed by atoms with Crippen LogP contribution in [0.2, 0.25) is 0 Å². The molecule has 144 valence electrons. The molecule has 0 fully saturated rings. The van der Waals surface area contributed by atoms with Gasteiger partial charge in [-0.25, -0.2) is 4.39 Å². The summed E-state index contributed by atoms with van der Waals surface area (Å²) in [6.45, 7) is 3.44. The van der Waals surface area contributed by atoms with Crippen LogP contribution in [0.15, 0.2) is 24.3 Å². The van der Waals surface area contributed by atoms with Gasteiger partial charge in [0.1, 0.15) is 5.82 Å². The number of rotatable bonds is 6. The minimum atomic E-state index is -0.309. The first-order valence-corrected chi connectivity index (χ1v) is 9.34. The van der Waals surface area contributed by atoms with E-state index in [0.29, 0.717) is 38.2 Å². The fourth-order valence-electron chi connectivity index (χ4n) is 3.34. The first-order valence-electron chi connectivity index (χ1n) is 9.34. The van der Waals surface area contributed by atoms with Crippen LogP contribution in [0.4, 0.5) is 4.39 Å². The Balaban J connectivity index is 1.70. The maximum absolute atomic E-state index is 13.0. The van der Waals surface area contributed by atoms with Crippen LogP contribution >= 0.6 is 0 Å². The summed E-state index contributed by atoms with van der Waals surface area (Å²) in [6, 6.07) is 6.00. The van der Waals surface area contributed by atoms with E-state index in [1.165, 1.54) is 12.1 Å². The lowest BCUT2D eigenvalue weighted by atomic mass is 10.0. The highest BCUT2D eigenvalue weighted by molar-refractivity contribution is 5.94. The predicted octanol–water partition coefficient (Wildman–Crippen LogP) is 2.56. The molecule has 1 aromatic carbocycles. The van der Waals surface area contributed by atoms with Gasteiger partial charge in [0.15, 0.2) is 5.69 Å². The summed E-state index contributed by atoms with van der Waals surface area (Å²) in [5, 5.41) is 7.22. The van der Waals surface area contributed by atoms with Gasteiger partial charge >= 0.3 is 0 Å². The molecule has 0 spiro atoms. The Kier molecular flexibility index (Phi) is 5.88. The number of unbranched alkanes of at least 4 members (excludes halogenated alkanes) is 1. The van der Waals surface area contributed by atoms with Crippen LogP contribution in [0.3, 0.4) is 0 Å². The molecule has 0 saturated carbocycles. The largest absolute Gasteiger partial charge is 0.347 e. The summed E-state index contributed by atoms with van der Waals surface area (Å²) in [4.78, 5) is 26.8. The van der Waals surface area contributed by atoms with Crippen LogP contribution in [-0.2, 0) is 31.4 Å². The fraction of sp³-hybridized carbons (Fsp3) is 0.450. The van der Waals surface area contributed by atoms with Gasteiger partial charge in [-0.05, 0) is 24.1 Å². The number of amides is 2. The van der Waals surface area contributed by atoms with Gasteiger partial charge in [0, 0.05) is 50.8 Å². The number of fused-ring (bicyclic) bond motifs is 1. The quantitative estimate of drug-likeness (QED) is 0.847. The third-order valence-electron chi connectivity index (χ3n) is 4.92. The highest BCUT2D eigenvalue weighted by atomic mass is 19.1. The van der Waals surface area contributed by atoms with Gasteiger partial charge in [-0.3, -0.25) is 14.3 Å². The zero-order valence-corrected chi connectivity index (χ0v) is 15.8. The number of hydrogen-bond donors (Lipinski definition) is 1. The van der Waals surface area contributed by atoms with Crippen molar-refractivity contribution in [2.45, 2.75) is 45.7 Å². The van der Waals surface area contributed by atoms with Crippen LogP contribution in [0, 0.1) is 5.82 Å². The first kappa shape index (κ1) is 19.1. The second kappa shape index (κ2) is 8.33. The Morgan fingerprint density at radius 3 is 2.70 bits per heavy atom. The summed E-state index contributed by atoms with van der Waals surface area (Å²) < 4.78 is 14.7. The smallest absolute Gasteiger partial charge is 0.272 e. The zero-order valence-electron chi connectivity index (χ0n) is 15.8. The van der Waals surface area contributed by atoms with Crippen LogP contribution in [0.25, 0.3) is 0 Å². The third kappa shape index (κ3) is 4.35. The molecule has 0 radical (unpaired) electrons. The van der Waals surface area contributed by atoms with E-state index in [0.717, 1.165) is 29.7 Å². The summed E-state index contributed by atoms with van der Waals surface area (Å²) in [5.41, 5.74) is 3.00. The molecule has 1 aliphatic heterocycles. The van der Waals surface area contributed by atoms with Crippen LogP contribution in [0.1, 0.15) is 53.5 Å². The maximum Gasteiger partial charge on any atom is 0.272 e. The molecular weight excluding hydrogens is 347 g/mol. The van der Waals surface area contributed by atoms with Crippen molar-refractivity contribution >= 4 is 11.8 Å². The lowest BCUT2D eigenvalue weighted by Crippen LogP contribution is -2.37. The molecule has 1 N–H and O–H groups in total. The standard InChI is InChI=1S/C20H25FN4O2/c1-3-4-5-18(26)25-11-10-17-16(13-25)19(23-24(17)2)20(27)22-12-14-6-8-15(21)9-7-14/h6-9H,3-5,10-13H2,1-2H3,(H,22,27). The van der Waals surface area contributed by atoms with E-state index < -0.39 is 0 Å². The number of carbonyl (C=O) groups excluding carboxylic acids is 2. The molecule has 0 saturated heterocycles. The molecule has 0 unspecified atom stereocenters.